The summed E-state index contributed by atoms with van der Waals surface area (Å²) in [6.45, 7) is 1.05. The highest BCUT2D eigenvalue weighted by Crippen LogP contribution is 2.24. The van der Waals surface area contributed by atoms with Gasteiger partial charge >= 0.3 is 0 Å². The third-order valence-corrected chi connectivity index (χ3v) is 6.66. The first-order valence-electron chi connectivity index (χ1n) is 11.9. The van der Waals surface area contributed by atoms with Crippen LogP contribution in [-0.4, -0.2) is 40.6 Å². The Kier molecular flexibility index (Phi) is 6.91. The van der Waals surface area contributed by atoms with E-state index in [-0.39, 0.29) is 12.5 Å². The molecule has 0 aliphatic heterocycles. The Labute approximate surface area is 235 Å². The summed E-state index contributed by atoms with van der Waals surface area (Å²) >= 11 is 9.55. The molecule has 12 heteroatoms. The third-order valence-electron chi connectivity index (χ3n) is 5.94. The molecule has 1 N–H and O–H groups in total. The molecule has 39 heavy (non-hydrogen) atoms. The number of nitrogens with one attached hydrogen (secondary N) is 1. The first kappa shape index (κ1) is 25.0. The van der Waals surface area contributed by atoms with Crippen LogP contribution in [0.1, 0.15) is 27.5 Å². The lowest BCUT2D eigenvalue weighted by Crippen LogP contribution is -2.23. The second-order valence-corrected chi connectivity index (χ2v) is 10.1. The predicted octanol–water partition coefficient (Wildman–Crippen LogP) is 5.12. The molecule has 0 aliphatic carbocycles. The Hall–Kier alpha value is -4.35. The lowest BCUT2D eigenvalue weighted by atomic mass is 10.2. The highest BCUT2D eigenvalue weighted by atomic mass is 79.9. The van der Waals surface area contributed by atoms with E-state index < -0.39 is 0 Å². The van der Waals surface area contributed by atoms with E-state index >= 15 is 0 Å². The van der Waals surface area contributed by atoms with E-state index in [1.807, 2.05) is 48.5 Å². The van der Waals surface area contributed by atoms with Gasteiger partial charge < -0.3 is 9.73 Å². The predicted molar refractivity (Wildman–Crippen MR) is 148 cm³/mol. The van der Waals surface area contributed by atoms with Crippen LogP contribution in [0.2, 0.25) is 5.02 Å². The van der Waals surface area contributed by atoms with Crippen molar-refractivity contribution in [2.24, 2.45) is 0 Å². The number of fused-ring (bicyclic) bond motifs is 1. The number of benzene rings is 2. The zero-order valence-corrected chi connectivity index (χ0v) is 22.7. The van der Waals surface area contributed by atoms with Crippen LogP contribution in [-0.2, 0) is 19.6 Å². The van der Waals surface area contributed by atoms with E-state index in [0.29, 0.717) is 46.7 Å². The van der Waals surface area contributed by atoms with Crippen molar-refractivity contribution in [3.63, 3.8) is 0 Å². The number of hydrogen-bond acceptors (Lipinski definition) is 7. The van der Waals surface area contributed by atoms with Crippen LogP contribution in [0.15, 0.2) is 88.3 Å². The number of amides is 1. The molecule has 0 radical (unpaired) electrons. The van der Waals surface area contributed by atoms with Gasteiger partial charge in [0, 0.05) is 26.6 Å². The molecule has 6 rings (SSSR count). The number of hydrogen-bond donors (Lipinski definition) is 1. The lowest BCUT2D eigenvalue weighted by Gasteiger charge is -2.05. The lowest BCUT2D eigenvalue weighted by molar-refractivity contribution is 0.0950. The minimum absolute atomic E-state index is 0.208. The molecular weight excluding hydrogens is 584 g/mol. The number of carbonyl (C=O) groups excluding carboxylic acids is 1. The fourth-order valence-electron chi connectivity index (χ4n) is 4.09. The van der Waals surface area contributed by atoms with Gasteiger partial charge in [0.15, 0.2) is 11.4 Å². The van der Waals surface area contributed by atoms with Crippen molar-refractivity contribution >= 4 is 44.5 Å². The van der Waals surface area contributed by atoms with Crippen molar-refractivity contribution in [1.29, 1.82) is 0 Å². The minimum atomic E-state index is -0.270. The summed E-state index contributed by atoms with van der Waals surface area (Å²) in [5, 5.41) is 17.0. The van der Waals surface area contributed by atoms with Gasteiger partial charge in [-0.05, 0) is 35.9 Å². The fourth-order valence-corrected chi connectivity index (χ4v) is 4.70. The quantitative estimate of drug-likeness (QED) is 0.257. The van der Waals surface area contributed by atoms with Gasteiger partial charge in [-0.15, -0.1) is 5.10 Å². The van der Waals surface area contributed by atoms with E-state index in [4.69, 9.17) is 16.0 Å². The van der Waals surface area contributed by atoms with E-state index in [2.05, 4.69) is 46.6 Å². The van der Waals surface area contributed by atoms with Gasteiger partial charge in [-0.3, -0.25) is 4.79 Å². The van der Waals surface area contributed by atoms with Crippen LogP contribution in [0.5, 0.6) is 0 Å². The summed E-state index contributed by atoms with van der Waals surface area (Å²) in [4.78, 5) is 21.6. The topological polar surface area (TPSA) is 117 Å². The summed E-state index contributed by atoms with van der Waals surface area (Å²) in [5.41, 5.74) is 3.65. The Balaban J connectivity index is 1.07. The average Bonchev–Trinajstić information content (AvgIpc) is 3.68. The molecule has 6 aromatic rings. The number of carbonyl (C=O) groups is 1. The SMILES string of the molecule is O=C(NCc1cn(Cc2ncc(-c3cccc(Br)c3)o2)nn1)c1cnc2c(cnn2Cc2cccc(Cl)c2)c1. The summed E-state index contributed by atoms with van der Waals surface area (Å²) in [5.74, 6) is 0.896. The number of nitrogens with zero attached hydrogens (tertiary/aromatic N) is 7. The van der Waals surface area contributed by atoms with Gasteiger partial charge in [0.25, 0.3) is 5.91 Å². The second-order valence-electron chi connectivity index (χ2n) is 8.79. The van der Waals surface area contributed by atoms with Crippen LogP contribution in [0, 0.1) is 0 Å². The molecule has 0 fully saturated rings. The number of rotatable bonds is 8. The molecule has 0 aliphatic rings. The van der Waals surface area contributed by atoms with E-state index in [0.717, 1.165) is 21.0 Å². The molecule has 0 saturated heterocycles. The number of oxazole rings is 1. The van der Waals surface area contributed by atoms with E-state index in [1.165, 1.54) is 6.20 Å². The second kappa shape index (κ2) is 10.8. The average molecular weight is 604 g/mol. The van der Waals surface area contributed by atoms with Crippen molar-refractivity contribution in [2.45, 2.75) is 19.6 Å². The first-order chi connectivity index (χ1) is 19.0. The molecule has 0 atom stereocenters. The van der Waals surface area contributed by atoms with Gasteiger partial charge in [0.05, 0.1) is 37.2 Å². The van der Waals surface area contributed by atoms with Crippen LogP contribution >= 0.6 is 27.5 Å². The van der Waals surface area contributed by atoms with Gasteiger partial charge in [-0.2, -0.15) is 5.10 Å². The van der Waals surface area contributed by atoms with E-state index in [9.17, 15) is 4.79 Å². The Morgan fingerprint density at radius 3 is 2.79 bits per heavy atom. The number of aromatic nitrogens is 7. The van der Waals surface area contributed by atoms with Gasteiger partial charge in [-0.25, -0.2) is 19.3 Å². The molecule has 4 heterocycles. The number of halogens is 2. The van der Waals surface area contributed by atoms with Crippen molar-refractivity contribution in [3.05, 3.63) is 112 Å². The van der Waals surface area contributed by atoms with Gasteiger partial charge in [-0.1, -0.05) is 57.0 Å². The standard InChI is InChI=1S/C27H20BrClN8O2/c28-21-5-2-4-18(9-21)24-13-30-25(39-24)16-36-15-23(34-35-36)12-32-27(38)20-8-19-11-33-37(26(19)31-10-20)14-17-3-1-6-22(29)7-17/h1-11,13,15H,12,14,16H2,(H,32,38). The van der Waals surface area contributed by atoms with Crippen LogP contribution in [0.25, 0.3) is 22.4 Å². The van der Waals surface area contributed by atoms with Crippen LogP contribution < -0.4 is 5.32 Å². The Bertz CT molecular complexity index is 1790. The Morgan fingerprint density at radius 1 is 1.03 bits per heavy atom. The maximum absolute atomic E-state index is 12.8. The molecule has 0 unspecified atom stereocenters. The van der Waals surface area contributed by atoms with Crippen molar-refractivity contribution < 1.29 is 9.21 Å². The molecule has 194 valence electrons. The van der Waals surface area contributed by atoms with Crippen LogP contribution in [0.3, 0.4) is 0 Å². The molecule has 4 aromatic heterocycles. The monoisotopic (exact) mass is 602 g/mol. The summed E-state index contributed by atoms with van der Waals surface area (Å²) < 4.78 is 10.2. The van der Waals surface area contributed by atoms with Crippen molar-refractivity contribution in [3.8, 4) is 11.3 Å². The number of pyridine rings is 1. The van der Waals surface area contributed by atoms with Crippen molar-refractivity contribution in [2.75, 3.05) is 0 Å². The first-order valence-corrected chi connectivity index (χ1v) is 13.1. The summed E-state index contributed by atoms with van der Waals surface area (Å²) in [6.07, 6.45) is 6.65. The largest absolute Gasteiger partial charge is 0.439 e. The van der Waals surface area contributed by atoms with Crippen molar-refractivity contribution in [1.82, 2.24) is 40.1 Å². The molecule has 0 spiro atoms. The minimum Gasteiger partial charge on any atom is -0.439 e. The smallest absolute Gasteiger partial charge is 0.253 e. The Morgan fingerprint density at radius 2 is 1.92 bits per heavy atom. The normalized spacial score (nSPS) is 11.2. The molecule has 10 nitrogen and oxygen atoms in total. The summed E-state index contributed by atoms with van der Waals surface area (Å²) in [6, 6.07) is 17.1. The van der Waals surface area contributed by atoms with Gasteiger partial charge in [0.2, 0.25) is 5.89 Å². The fraction of sp³-hybridized carbons (Fsp3) is 0.111. The molecule has 0 saturated carbocycles. The molecule has 0 bridgehead atoms. The molecule has 2 aromatic carbocycles. The molecule has 1 amide bonds. The summed E-state index contributed by atoms with van der Waals surface area (Å²) in [7, 11) is 0. The highest BCUT2D eigenvalue weighted by molar-refractivity contribution is 9.10. The maximum Gasteiger partial charge on any atom is 0.253 e. The van der Waals surface area contributed by atoms with E-state index in [1.54, 1.807) is 34.0 Å². The highest BCUT2D eigenvalue weighted by Gasteiger charge is 2.13. The zero-order chi connectivity index (χ0) is 26.8. The molecular formula is C27H20BrClN8O2. The third kappa shape index (κ3) is 5.74. The van der Waals surface area contributed by atoms with Crippen LogP contribution in [0.4, 0.5) is 0 Å². The zero-order valence-electron chi connectivity index (χ0n) is 20.3. The van der Waals surface area contributed by atoms with Gasteiger partial charge in [0.1, 0.15) is 12.2 Å². The maximum atomic E-state index is 12.8.